The van der Waals surface area contributed by atoms with Gasteiger partial charge in [0.1, 0.15) is 6.33 Å². The number of fused-ring (bicyclic) bond motifs is 1. The average Bonchev–Trinajstić information content (AvgIpc) is 2.67. The Morgan fingerprint density at radius 1 is 1.25 bits per heavy atom. The van der Waals surface area contributed by atoms with Crippen LogP contribution in [0.5, 0.6) is 0 Å². The van der Waals surface area contributed by atoms with E-state index in [1.807, 2.05) is 16.8 Å². The summed E-state index contributed by atoms with van der Waals surface area (Å²) in [6.07, 6.45) is 12.5. The van der Waals surface area contributed by atoms with Crippen molar-refractivity contribution >= 4 is 12.3 Å². The van der Waals surface area contributed by atoms with Gasteiger partial charge in [-0.3, -0.25) is 4.57 Å². The van der Waals surface area contributed by atoms with E-state index in [0.717, 1.165) is 12.2 Å². The first-order valence-electron chi connectivity index (χ1n) is 5.93. The second kappa shape index (κ2) is 5.64. The highest BCUT2D eigenvalue weighted by Gasteiger charge is 2.16. The van der Waals surface area contributed by atoms with Crippen LogP contribution in [0.2, 0.25) is 0 Å². The molecule has 1 atom stereocenters. The molecule has 0 amide bonds. The molecule has 1 aromatic rings. The molecule has 1 aliphatic heterocycles. The molecule has 0 N–H and O–H groups in total. The highest BCUT2D eigenvalue weighted by atomic mass is 15.2. The maximum absolute atomic E-state index is 3.99. The predicted molar refractivity (Wildman–Crippen MR) is 68.7 cm³/mol. The van der Waals surface area contributed by atoms with Gasteiger partial charge in [-0.25, -0.2) is 0 Å². The molecular weight excluding hydrogens is 198 g/mol. The topological polar surface area (TPSA) is 30.7 Å². The highest BCUT2D eigenvalue weighted by Crippen LogP contribution is 2.27. The minimum atomic E-state index is 0.153. The van der Waals surface area contributed by atoms with Crippen molar-refractivity contribution in [2.24, 2.45) is 5.41 Å². The van der Waals surface area contributed by atoms with Gasteiger partial charge in [0.05, 0.1) is 0 Å². The molecule has 0 saturated carbocycles. The van der Waals surface area contributed by atoms with Crippen LogP contribution in [0.25, 0.3) is 12.3 Å². The summed E-state index contributed by atoms with van der Waals surface area (Å²) < 4.78 is 1.93. The molecule has 16 heavy (non-hydrogen) atoms. The van der Waals surface area contributed by atoms with E-state index < -0.39 is 0 Å². The standard InChI is InChI=1S/C10H13N3.C3H8/c1-3-10(2)5-4-9-12-11-8-13(9)7-6-10;1-3-2/h4-8H,3H2,1-2H3;3H2,1-2H3. The van der Waals surface area contributed by atoms with Gasteiger partial charge in [-0.05, 0) is 12.5 Å². The minimum Gasteiger partial charge on any atom is -0.289 e. The second-order valence-corrected chi connectivity index (χ2v) is 4.31. The summed E-state index contributed by atoms with van der Waals surface area (Å²) in [6, 6.07) is 0. The molecule has 0 radical (unpaired) electrons. The van der Waals surface area contributed by atoms with Gasteiger partial charge >= 0.3 is 0 Å². The van der Waals surface area contributed by atoms with Crippen LogP contribution in [0.15, 0.2) is 18.5 Å². The quantitative estimate of drug-likeness (QED) is 0.722. The van der Waals surface area contributed by atoms with Crippen molar-refractivity contribution < 1.29 is 0 Å². The monoisotopic (exact) mass is 219 g/mol. The molecule has 0 bridgehead atoms. The van der Waals surface area contributed by atoms with Crippen LogP contribution in [0.3, 0.4) is 0 Å². The van der Waals surface area contributed by atoms with Crippen molar-refractivity contribution in [3.05, 3.63) is 24.3 Å². The van der Waals surface area contributed by atoms with Crippen LogP contribution in [0.4, 0.5) is 0 Å². The van der Waals surface area contributed by atoms with Crippen molar-refractivity contribution in [3.8, 4) is 0 Å². The van der Waals surface area contributed by atoms with Crippen LogP contribution in [-0.4, -0.2) is 14.8 Å². The Morgan fingerprint density at radius 2 is 1.94 bits per heavy atom. The molecule has 3 heteroatoms. The fraction of sp³-hybridized carbons (Fsp3) is 0.538. The first kappa shape index (κ1) is 12.7. The van der Waals surface area contributed by atoms with E-state index in [-0.39, 0.29) is 5.41 Å². The Balaban J connectivity index is 0.000000386. The number of nitrogens with zero attached hydrogens (tertiary/aromatic N) is 3. The molecule has 0 aliphatic carbocycles. The summed E-state index contributed by atoms with van der Waals surface area (Å²) in [6.45, 7) is 8.64. The van der Waals surface area contributed by atoms with E-state index in [4.69, 9.17) is 0 Å². The SMILES string of the molecule is CCC.CCC1(C)C=Cc2nncn2C=C1. The third-order valence-electron chi connectivity index (χ3n) is 2.59. The van der Waals surface area contributed by atoms with Crippen LogP contribution < -0.4 is 0 Å². The molecule has 2 heterocycles. The molecule has 1 unspecified atom stereocenters. The Hall–Kier alpha value is -1.38. The smallest absolute Gasteiger partial charge is 0.160 e. The molecule has 1 aliphatic rings. The summed E-state index contributed by atoms with van der Waals surface area (Å²) in [4.78, 5) is 0. The van der Waals surface area contributed by atoms with E-state index in [2.05, 4.69) is 50.0 Å². The maximum Gasteiger partial charge on any atom is 0.160 e. The lowest BCUT2D eigenvalue weighted by atomic mass is 9.87. The van der Waals surface area contributed by atoms with Crippen molar-refractivity contribution in [2.75, 3.05) is 0 Å². The highest BCUT2D eigenvalue weighted by molar-refractivity contribution is 5.50. The van der Waals surface area contributed by atoms with Crippen molar-refractivity contribution in [1.29, 1.82) is 0 Å². The van der Waals surface area contributed by atoms with Gasteiger partial charge in [0.25, 0.3) is 0 Å². The molecule has 2 rings (SSSR count). The van der Waals surface area contributed by atoms with Gasteiger partial charge in [0.2, 0.25) is 0 Å². The fourth-order valence-corrected chi connectivity index (χ4v) is 1.29. The summed E-state index contributed by atoms with van der Waals surface area (Å²) in [5.74, 6) is 0.897. The molecule has 0 saturated heterocycles. The van der Waals surface area contributed by atoms with E-state index in [1.54, 1.807) is 6.33 Å². The first-order valence-corrected chi connectivity index (χ1v) is 5.93. The summed E-state index contributed by atoms with van der Waals surface area (Å²) >= 11 is 0. The maximum atomic E-state index is 3.99. The minimum absolute atomic E-state index is 0.153. The molecule has 88 valence electrons. The lowest BCUT2D eigenvalue weighted by molar-refractivity contribution is 0.535. The van der Waals surface area contributed by atoms with Gasteiger partial charge in [0.15, 0.2) is 5.82 Å². The first-order chi connectivity index (χ1) is 7.65. The zero-order valence-corrected chi connectivity index (χ0v) is 10.6. The van der Waals surface area contributed by atoms with Gasteiger partial charge < -0.3 is 0 Å². The third kappa shape index (κ3) is 3.05. The number of hydrogen-bond donors (Lipinski definition) is 0. The Kier molecular flexibility index (Phi) is 4.47. The number of allylic oxidation sites excluding steroid dienone is 2. The largest absolute Gasteiger partial charge is 0.289 e. The second-order valence-electron chi connectivity index (χ2n) is 4.31. The van der Waals surface area contributed by atoms with E-state index >= 15 is 0 Å². The predicted octanol–water partition coefficient (Wildman–Crippen LogP) is 3.61. The normalized spacial score (nSPS) is 22.0. The van der Waals surface area contributed by atoms with Crippen molar-refractivity contribution in [2.45, 2.75) is 40.5 Å². The molecule has 1 aromatic heterocycles. The number of rotatable bonds is 1. The van der Waals surface area contributed by atoms with Crippen LogP contribution in [0.1, 0.15) is 46.4 Å². The number of aromatic nitrogens is 3. The van der Waals surface area contributed by atoms with Crippen molar-refractivity contribution in [1.82, 2.24) is 14.8 Å². The molecular formula is C13H21N3. The zero-order chi connectivity index (χ0) is 12.0. The van der Waals surface area contributed by atoms with E-state index in [0.29, 0.717) is 0 Å². The van der Waals surface area contributed by atoms with Gasteiger partial charge in [-0.15, -0.1) is 10.2 Å². The summed E-state index contributed by atoms with van der Waals surface area (Å²) in [5.41, 5.74) is 0.153. The molecule has 0 aromatic carbocycles. The zero-order valence-electron chi connectivity index (χ0n) is 10.6. The van der Waals surface area contributed by atoms with E-state index in [1.165, 1.54) is 6.42 Å². The van der Waals surface area contributed by atoms with Crippen LogP contribution in [0, 0.1) is 5.41 Å². The molecule has 3 nitrogen and oxygen atoms in total. The Bertz CT molecular complexity index is 346. The fourth-order valence-electron chi connectivity index (χ4n) is 1.29. The average molecular weight is 219 g/mol. The van der Waals surface area contributed by atoms with Crippen LogP contribution >= 0.6 is 0 Å². The van der Waals surface area contributed by atoms with Crippen LogP contribution in [-0.2, 0) is 0 Å². The Morgan fingerprint density at radius 3 is 2.56 bits per heavy atom. The lowest BCUT2D eigenvalue weighted by Gasteiger charge is -2.17. The van der Waals surface area contributed by atoms with E-state index in [9.17, 15) is 0 Å². The molecule has 0 spiro atoms. The number of hydrogen-bond acceptors (Lipinski definition) is 2. The lowest BCUT2D eigenvalue weighted by Crippen LogP contribution is -2.06. The summed E-state index contributed by atoms with van der Waals surface area (Å²) in [5, 5.41) is 7.82. The summed E-state index contributed by atoms with van der Waals surface area (Å²) in [7, 11) is 0. The van der Waals surface area contributed by atoms with Gasteiger partial charge in [0, 0.05) is 11.6 Å². The third-order valence-corrected chi connectivity index (χ3v) is 2.59. The molecule has 0 fully saturated rings. The van der Waals surface area contributed by atoms with Gasteiger partial charge in [-0.1, -0.05) is 46.3 Å². The Labute approximate surface area is 97.9 Å². The van der Waals surface area contributed by atoms with Gasteiger partial charge in [-0.2, -0.15) is 0 Å². The van der Waals surface area contributed by atoms with Crippen molar-refractivity contribution in [3.63, 3.8) is 0 Å².